The van der Waals surface area contributed by atoms with Crippen molar-refractivity contribution in [3.8, 4) is 0 Å². The van der Waals surface area contributed by atoms with Crippen molar-refractivity contribution in [2.45, 2.75) is 108 Å². The van der Waals surface area contributed by atoms with Gasteiger partial charge in [0, 0.05) is 12.0 Å². The average molecular weight is 565 g/mol. The highest BCUT2D eigenvalue weighted by molar-refractivity contribution is 6.01. The summed E-state index contributed by atoms with van der Waals surface area (Å²) in [6, 6.07) is 0. The Labute approximate surface area is 225 Å². The molecule has 224 valence electrons. The first-order chi connectivity index (χ1) is 18.2. The van der Waals surface area contributed by atoms with Crippen molar-refractivity contribution in [2.24, 2.45) is 11.3 Å². The van der Waals surface area contributed by atoms with E-state index in [9.17, 15) is 50.4 Å². The first-order valence-corrected chi connectivity index (χ1v) is 12.9. The molecular weight excluding hydrogens is 524 g/mol. The van der Waals surface area contributed by atoms with Crippen LogP contribution in [0, 0.1) is 11.3 Å². The predicted octanol–water partition coefficient (Wildman–Crippen LogP) is -2.58. The van der Waals surface area contributed by atoms with E-state index >= 15 is 0 Å². The van der Waals surface area contributed by atoms with Crippen LogP contribution < -0.4 is 0 Å². The Balaban J connectivity index is 1.60. The monoisotopic (exact) mass is 564 g/mol. The number of aliphatic carboxylic acids is 1. The van der Waals surface area contributed by atoms with Crippen molar-refractivity contribution < 1.29 is 69.4 Å². The molecular formula is C25H40O14. The van der Waals surface area contributed by atoms with Gasteiger partial charge < -0.3 is 59.8 Å². The van der Waals surface area contributed by atoms with Crippen LogP contribution in [0.25, 0.3) is 0 Å². The lowest BCUT2D eigenvalue weighted by molar-refractivity contribution is -0.335. The van der Waals surface area contributed by atoms with Crippen LogP contribution in [0.3, 0.4) is 0 Å². The van der Waals surface area contributed by atoms with Crippen LogP contribution >= 0.6 is 0 Å². The second kappa shape index (κ2) is 13.0. The lowest BCUT2D eigenvalue weighted by Gasteiger charge is -2.43. The molecule has 14 heteroatoms. The minimum Gasteiger partial charge on any atom is -0.478 e. The summed E-state index contributed by atoms with van der Waals surface area (Å²) in [6.07, 6.45) is -13.8. The number of carbonyl (C=O) groups is 2. The zero-order valence-corrected chi connectivity index (χ0v) is 22.1. The van der Waals surface area contributed by atoms with Crippen molar-refractivity contribution in [1.82, 2.24) is 0 Å². The summed E-state index contributed by atoms with van der Waals surface area (Å²) in [5, 5.41) is 80.0. The number of ketones is 1. The highest BCUT2D eigenvalue weighted by Crippen LogP contribution is 2.43. The molecule has 0 aromatic rings. The zero-order chi connectivity index (χ0) is 29.2. The maximum atomic E-state index is 12.0. The number of aliphatic hydroxyl groups excluding tert-OH is 7. The second-order valence-corrected chi connectivity index (χ2v) is 11.2. The fourth-order valence-electron chi connectivity index (χ4n) is 5.34. The van der Waals surface area contributed by atoms with Gasteiger partial charge in [-0.25, -0.2) is 4.79 Å². The van der Waals surface area contributed by atoms with Crippen molar-refractivity contribution in [3.05, 3.63) is 11.6 Å². The Hall–Kier alpha value is -1.56. The first kappa shape index (κ1) is 32.0. The van der Waals surface area contributed by atoms with Gasteiger partial charge in [0.05, 0.1) is 19.3 Å². The number of carboxylic acid groups (broad SMARTS) is 1. The van der Waals surface area contributed by atoms with E-state index in [-0.39, 0.29) is 17.8 Å². The summed E-state index contributed by atoms with van der Waals surface area (Å²) < 4.78 is 22.1. The van der Waals surface area contributed by atoms with Crippen molar-refractivity contribution in [3.63, 3.8) is 0 Å². The number of aliphatic hydroxyl groups is 7. The van der Waals surface area contributed by atoms with Gasteiger partial charge in [-0.3, -0.25) is 4.79 Å². The molecule has 2 heterocycles. The lowest BCUT2D eigenvalue weighted by Crippen LogP contribution is -2.62. The summed E-state index contributed by atoms with van der Waals surface area (Å²) in [5.41, 5.74) is -0.561. The molecule has 0 aromatic carbocycles. The van der Waals surface area contributed by atoms with E-state index in [4.69, 9.17) is 18.9 Å². The smallest absolute Gasteiger partial charge is 0.331 e. The van der Waals surface area contributed by atoms with E-state index in [1.54, 1.807) is 6.92 Å². The Morgan fingerprint density at radius 1 is 0.974 bits per heavy atom. The number of ether oxygens (including phenoxy) is 4. The Bertz CT molecular complexity index is 890. The number of carboxylic acids is 1. The summed E-state index contributed by atoms with van der Waals surface area (Å²) >= 11 is 0. The highest BCUT2D eigenvalue weighted by Gasteiger charge is 2.48. The van der Waals surface area contributed by atoms with E-state index in [0.717, 1.165) is 6.08 Å². The minimum absolute atomic E-state index is 0.0290. The molecule has 2 saturated heterocycles. The maximum Gasteiger partial charge on any atom is 0.331 e. The molecule has 3 aliphatic rings. The number of allylic oxidation sites excluding steroid dienone is 1. The molecule has 0 amide bonds. The Morgan fingerprint density at radius 3 is 2.13 bits per heavy atom. The van der Waals surface area contributed by atoms with Gasteiger partial charge in [-0.2, -0.15) is 0 Å². The van der Waals surface area contributed by atoms with Crippen LogP contribution in [0.15, 0.2) is 11.6 Å². The Kier molecular flexibility index (Phi) is 10.6. The van der Waals surface area contributed by atoms with Gasteiger partial charge in [0.15, 0.2) is 18.4 Å². The third-order valence-corrected chi connectivity index (χ3v) is 7.68. The van der Waals surface area contributed by atoms with E-state index in [1.807, 2.05) is 13.8 Å². The summed E-state index contributed by atoms with van der Waals surface area (Å²) in [4.78, 5) is 23.7. The van der Waals surface area contributed by atoms with E-state index in [0.29, 0.717) is 12.8 Å². The molecule has 39 heavy (non-hydrogen) atoms. The van der Waals surface area contributed by atoms with Gasteiger partial charge in [0.2, 0.25) is 0 Å². The molecule has 14 nitrogen and oxygen atoms in total. The third kappa shape index (κ3) is 7.21. The largest absolute Gasteiger partial charge is 0.478 e. The quantitative estimate of drug-likeness (QED) is 0.136. The van der Waals surface area contributed by atoms with Crippen LogP contribution in [0.5, 0.6) is 0 Å². The van der Waals surface area contributed by atoms with Crippen LogP contribution in [0.2, 0.25) is 0 Å². The minimum atomic E-state index is -1.69. The molecule has 3 rings (SSSR count). The third-order valence-electron chi connectivity index (χ3n) is 7.68. The maximum absolute atomic E-state index is 12.0. The summed E-state index contributed by atoms with van der Waals surface area (Å²) in [7, 11) is 0. The van der Waals surface area contributed by atoms with Crippen molar-refractivity contribution in [2.75, 3.05) is 13.2 Å². The molecule has 12 atom stereocenters. The molecule has 8 N–H and O–H groups in total. The molecule has 2 aliphatic heterocycles. The summed E-state index contributed by atoms with van der Waals surface area (Å²) in [6.45, 7) is 4.16. The topological polar surface area (TPSA) is 233 Å². The van der Waals surface area contributed by atoms with Crippen LogP contribution in [-0.4, -0.2) is 133 Å². The van der Waals surface area contributed by atoms with Gasteiger partial charge in [-0.15, -0.1) is 0 Å². The number of hydrogen-bond donors (Lipinski definition) is 8. The molecule has 0 aromatic heterocycles. The predicted molar refractivity (Wildman–Crippen MR) is 129 cm³/mol. The number of carbonyl (C=O) groups excluding carboxylic acids is 1. The number of rotatable bonds is 10. The first-order valence-electron chi connectivity index (χ1n) is 12.9. The molecule has 0 bridgehead atoms. The van der Waals surface area contributed by atoms with Gasteiger partial charge >= 0.3 is 5.97 Å². The van der Waals surface area contributed by atoms with Gasteiger partial charge in [0.1, 0.15) is 48.8 Å². The fraction of sp³-hybridized carbons (Fsp3) is 0.840. The fourth-order valence-corrected chi connectivity index (χ4v) is 5.34. The SMILES string of the molecule is C[C@H](CC[C@@H]1C(C(=O)O)=CC(=O)CC1(C)C)O[C@@H]1O[C@H](CO[C@@H]2O[C@H](CO)[C@@H](O)[C@H](O)[C@H]2O)[C@@H](O)[C@H](O)[C@H]1O. The van der Waals surface area contributed by atoms with Gasteiger partial charge in [0.25, 0.3) is 0 Å². The molecule has 0 radical (unpaired) electrons. The molecule has 1 aliphatic carbocycles. The number of hydrogen-bond acceptors (Lipinski definition) is 13. The van der Waals surface area contributed by atoms with Gasteiger partial charge in [-0.05, 0) is 37.2 Å². The zero-order valence-electron chi connectivity index (χ0n) is 22.1. The average Bonchev–Trinajstić information content (AvgIpc) is 2.86. The summed E-state index contributed by atoms with van der Waals surface area (Å²) in [5.74, 6) is -1.84. The van der Waals surface area contributed by atoms with E-state index in [2.05, 4.69) is 0 Å². The second-order valence-electron chi connectivity index (χ2n) is 11.2. The molecule has 2 fully saturated rings. The Morgan fingerprint density at radius 2 is 1.54 bits per heavy atom. The van der Waals surface area contributed by atoms with Crippen LogP contribution in [0.4, 0.5) is 0 Å². The van der Waals surface area contributed by atoms with Crippen LogP contribution in [0.1, 0.15) is 40.0 Å². The lowest BCUT2D eigenvalue weighted by atomic mass is 9.66. The highest BCUT2D eigenvalue weighted by atomic mass is 16.7. The van der Waals surface area contributed by atoms with Crippen molar-refractivity contribution >= 4 is 11.8 Å². The standard InChI is InChI=1S/C25H40O14/c1-10(4-5-13-12(22(34)35)6-11(27)7-25(13,2)3)37-24-21(33)19(31)17(29)15(39-24)9-36-23-20(32)18(30)16(28)14(8-26)38-23/h6,10,13-21,23-24,26,28-33H,4-5,7-9H2,1-3H3,(H,34,35)/t10-,13-,14-,15-,16-,17-,18+,19+,20-,21-,23-,24-/m1/s1. The normalized spacial score (nSPS) is 41.6. The van der Waals surface area contributed by atoms with E-state index in [1.165, 1.54) is 0 Å². The van der Waals surface area contributed by atoms with Crippen LogP contribution in [-0.2, 0) is 28.5 Å². The van der Waals surface area contributed by atoms with E-state index < -0.39 is 98.0 Å². The van der Waals surface area contributed by atoms with Crippen molar-refractivity contribution in [1.29, 1.82) is 0 Å². The molecule has 0 saturated carbocycles. The van der Waals surface area contributed by atoms with Gasteiger partial charge in [-0.1, -0.05) is 13.8 Å². The molecule has 0 spiro atoms. The molecule has 0 unspecified atom stereocenters.